The molecule has 3 atom stereocenters. The summed E-state index contributed by atoms with van der Waals surface area (Å²) in [6.07, 6.45) is 4.01. The molecule has 1 aliphatic heterocycles. The summed E-state index contributed by atoms with van der Waals surface area (Å²) >= 11 is 0. The topological polar surface area (TPSA) is 21.6 Å². The second-order valence-corrected chi connectivity index (χ2v) is 5.46. The van der Waals surface area contributed by atoms with Crippen molar-refractivity contribution in [3.63, 3.8) is 0 Å². The molecule has 0 amide bonds. The van der Waals surface area contributed by atoms with E-state index in [1.165, 1.54) is 19.3 Å². The summed E-state index contributed by atoms with van der Waals surface area (Å²) < 4.78 is 6.00. The number of nitrogens with zero attached hydrogens (tertiary/aromatic N) is 1. The molecule has 0 N–H and O–H groups in total. The molecule has 0 aromatic heterocycles. The molecule has 3 rings (SSSR count). The minimum atomic E-state index is 0.100. The van der Waals surface area contributed by atoms with Gasteiger partial charge < -0.3 is 4.74 Å². The molecule has 1 fully saturated rings. The van der Waals surface area contributed by atoms with Gasteiger partial charge in [0, 0.05) is 11.5 Å². The number of hydrogen-bond donors (Lipinski definition) is 0. The first-order valence-corrected chi connectivity index (χ1v) is 6.51. The van der Waals surface area contributed by atoms with Crippen molar-refractivity contribution in [2.45, 2.75) is 44.8 Å². The molecule has 1 aromatic rings. The molecule has 2 nitrogen and oxygen atoms in total. The highest BCUT2D eigenvalue weighted by molar-refractivity contribution is 5.95. The molecule has 0 spiro atoms. The number of ether oxygens (including phenoxy) is 1. The Kier molecular flexibility index (Phi) is 2.46. The third kappa shape index (κ3) is 1.76. The highest BCUT2D eigenvalue weighted by atomic mass is 16.5. The Morgan fingerprint density at radius 1 is 1.29 bits per heavy atom. The molecule has 2 aliphatic rings. The van der Waals surface area contributed by atoms with Gasteiger partial charge in [0.15, 0.2) is 0 Å². The lowest BCUT2D eigenvalue weighted by atomic mass is 9.84. The highest BCUT2D eigenvalue weighted by Gasteiger charge is 2.46. The van der Waals surface area contributed by atoms with Crippen molar-refractivity contribution >= 4 is 5.90 Å². The molecule has 1 aliphatic carbocycles. The number of hydrogen-bond acceptors (Lipinski definition) is 2. The number of benzene rings is 1. The smallest absolute Gasteiger partial charge is 0.216 e. The van der Waals surface area contributed by atoms with E-state index in [2.05, 4.69) is 26.0 Å². The molecule has 90 valence electrons. The zero-order valence-corrected chi connectivity index (χ0v) is 10.5. The van der Waals surface area contributed by atoms with E-state index in [1.54, 1.807) is 0 Å². The molecule has 17 heavy (non-hydrogen) atoms. The minimum absolute atomic E-state index is 0.100. The summed E-state index contributed by atoms with van der Waals surface area (Å²) in [6.45, 7) is 4.47. The lowest BCUT2D eigenvalue weighted by Crippen LogP contribution is -2.42. The monoisotopic (exact) mass is 229 g/mol. The van der Waals surface area contributed by atoms with Crippen LogP contribution in [-0.2, 0) is 4.74 Å². The van der Waals surface area contributed by atoms with E-state index in [4.69, 9.17) is 9.73 Å². The van der Waals surface area contributed by atoms with E-state index in [-0.39, 0.29) is 11.6 Å². The van der Waals surface area contributed by atoms with Gasteiger partial charge in [-0.05, 0) is 38.8 Å². The number of rotatable bonds is 1. The van der Waals surface area contributed by atoms with Gasteiger partial charge in [-0.25, -0.2) is 4.99 Å². The first-order valence-electron chi connectivity index (χ1n) is 6.51. The summed E-state index contributed by atoms with van der Waals surface area (Å²) in [5.74, 6) is 1.42. The summed E-state index contributed by atoms with van der Waals surface area (Å²) in [5.41, 5.74) is 1.20. The molecule has 0 unspecified atom stereocenters. The Hall–Kier alpha value is -1.31. The molecule has 2 heteroatoms. The van der Waals surface area contributed by atoms with Gasteiger partial charge in [-0.15, -0.1) is 0 Å². The van der Waals surface area contributed by atoms with Crippen LogP contribution < -0.4 is 0 Å². The van der Waals surface area contributed by atoms with Crippen LogP contribution in [0.1, 0.15) is 38.7 Å². The third-order valence-electron chi connectivity index (χ3n) is 4.24. The van der Waals surface area contributed by atoms with Gasteiger partial charge >= 0.3 is 0 Å². The van der Waals surface area contributed by atoms with Crippen molar-refractivity contribution in [3.05, 3.63) is 35.9 Å². The van der Waals surface area contributed by atoms with Gasteiger partial charge in [0.1, 0.15) is 6.10 Å². The summed E-state index contributed by atoms with van der Waals surface area (Å²) in [7, 11) is 0. The van der Waals surface area contributed by atoms with Crippen molar-refractivity contribution in [1.82, 2.24) is 0 Å². The van der Waals surface area contributed by atoms with Crippen LogP contribution in [0, 0.1) is 5.92 Å². The van der Waals surface area contributed by atoms with Gasteiger partial charge in [-0.3, -0.25) is 0 Å². The zero-order valence-electron chi connectivity index (χ0n) is 10.5. The largest absolute Gasteiger partial charge is 0.474 e. The average Bonchev–Trinajstić information content (AvgIpc) is 2.72. The van der Waals surface area contributed by atoms with Gasteiger partial charge in [-0.2, -0.15) is 0 Å². The van der Waals surface area contributed by atoms with Crippen molar-refractivity contribution in [1.29, 1.82) is 0 Å². The number of aliphatic imine (C=N–C) groups is 1. The average molecular weight is 229 g/mol. The van der Waals surface area contributed by atoms with E-state index in [0.29, 0.717) is 5.92 Å². The normalized spacial score (nSPS) is 36.0. The molecule has 1 heterocycles. The first-order chi connectivity index (χ1) is 8.19. The minimum Gasteiger partial charge on any atom is -0.474 e. The maximum atomic E-state index is 6.00. The molecule has 0 saturated heterocycles. The second kappa shape index (κ2) is 3.86. The zero-order chi connectivity index (χ0) is 11.9. The fraction of sp³-hybridized carbons (Fsp3) is 0.533. The van der Waals surface area contributed by atoms with Crippen molar-refractivity contribution in [2.75, 3.05) is 0 Å². The molecule has 0 radical (unpaired) electrons. The number of fused-ring (bicyclic) bond motifs is 1. The summed E-state index contributed by atoms with van der Waals surface area (Å²) in [4.78, 5) is 4.89. The highest BCUT2D eigenvalue weighted by Crippen LogP contribution is 2.44. The Morgan fingerprint density at radius 3 is 2.82 bits per heavy atom. The van der Waals surface area contributed by atoms with Crippen molar-refractivity contribution in [2.24, 2.45) is 10.9 Å². The first kappa shape index (κ1) is 10.8. The van der Waals surface area contributed by atoms with Crippen LogP contribution in [0.15, 0.2) is 35.3 Å². The Morgan fingerprint density at radius 2 is 2.06 bits per heavy atom. The SMILES string of the molecule is C[C@H]1OC(c2ccccc2)=N[C@@]2(C)CCC[C@@H]12. The van der Waals surface area contributed by atoms with Crippen LogP contribution >= 0.6 is 0 Å². The van der Waals surface area contributed by atoms with Gasteiger partial charge in [0.05, 0.1) is 5.54 Å². The lowest BCUT2D eigenvalue weighted by molar-refractivity contribution is 0.0827. The molecule has 1 saturated carbocycles. The van der Waals surface area contributed by atoms with E-state index in [9.17, 15) is 0 Å². The maximum Gasteiger partial charge on any atom is 0.216 e. The lowest BCUT2D eigenvalue weighted by Gasteiger charge is -2.37. The fourth-order valence-electron chi connectivity index (χ4n) is 3.29. The van der Waals surface area contributed by atoms with Crippen LogP contribution in [0.5, 0.6) is 0 Å². The van der Waals surface area contributed by atoms with E-state index >= 15 is 0 Å². The van der Waals surface area contributed by atoms with Gasteiger partial charge in [-0.1, -0.05) is 24.6 Å². The molecular weight excluding hydrogens is 210 g/mol. The molecule has 0 bridgehead atoms. The summed E-state index contributed by atoms with van der Waals surface area (Å²) in [6, 6.07) is 10.2. The Bertz CT molecular complexity index is 439. The standard InChI is InChI=1S/C15H19NO/c1-11-13-9-6-10-15(13,2)16-14(17-11)12-7-4-3-5-8-12/h3-5,7-8,11,13H,6,9-10H2,1-2H3/t11-,13+,15+/m1/s1. The third-order valence-corrected chi connectivity index (χ3v) is 4.24. The van der Waals surface area contributed by atoms with Gasteiger partial charge in [0.2, 0.25) is 5.90 Å². The summed E-state index contributed by atoms with van der Waals surface area (Å²) in [5, 5.41) is 0. The predicted molar refractivity (Wildman–Crippen MR) is 69.3 cm³/mol. The van der Waals surface area contributed by atoms with Crippen LogP contribution in [0.2, 0.25) is 0 Å². The Labute approximate surface area is 103 Å². The van der Waals surface area contributed by atoms with Crippen LogP contribution in [0.4, 0.5) is 0 Å². The molecule has 1 aromatic carbocycles. The fourth-order valence-corrected chi connectivity index (χ4v) is 3.29. The Balaban J connectivity index is 1.99. The van der Waals surface area contributed by atoms with Crippen LogP contribution in [-0.4, -0.2) is 17.5 Å². The van der Waals surface area contributed by atoms with E-state index < -0.39 is 0 Å². The molecular formula is C15H19NO. The van der Waals surface area contributed by atoms with Crippen molar-refractivity contribution in [3.8, 4) is 0 Å². The maximum absolute atomic E-state index is 6.00. The van der Waals surface area contributed by atoms with E-state index in [1.807, 2.05) is 18.2 Å². The van der Waals surface area contributed by atoms with Gasteiger partial charge in [0.25, 0.3) is 0 Å². The van der Waals surface area contributed by atoms with Crippen LogP contribution in [0.25, 0.3) is 0 Å². The second-order valence-electron chi connectivity index (χ2n) is 5.46. The quantitative estimate of drug-likeness (QED) is 0.723. The van der Waals surface area contributed by atoms with Crippen molar-refractivity contribution < 1.29 is 4.74 Å². The van der Waals surface area contributed by atoms with E-state index in [0.717, 1.165) is 11.5 Å². The van der Waals surface area contributed by atoms with Crippen LogP contribution in [0.3, 0.4) is 0 Å². The predicted octanol–water partition coefficient (Wildman–Crippen LogP) is 3.41.